The molecule has 30 heavy (non-hydrogen) atoms. The van der Waals surface area contributed by atoms with Gasteiger partial charge < -0.3 is 15.5 Å². The maximum Gasteiger partial charge on any atom is 0.274 e. The van der Waals surface area contributed by atoms with Gasteiger partial charge in [0.1, 0.15) is 0 Å². The molecule has 3 aromatic rings. The van der Waals surface area contributed by atoms with E-state index in [2.05, 4.69) is 33.5 Å². The van der Waals surface area contributed by atoms with Crippen LogP contribution in [-0.4, -0.2) is 56.7 Å². The summed E-state index contributed by atoms with van der Waals surface area (Å²) in [7, 11) is 0. The van der Waals surface area contributed by atoms with E-state index < -0.39 is 12.2 Å². The Bertz CT molecular complexity index is 1080. The fraction of sp³-hybridized carbons (Fsp3) is 0.391. The lowest BCUT2D eigenvalue weighted by Crippen LogP contribution is -2.40. The lowest BCUT2D eigenvalue weighted by Gasteiger charge is -2.30. The number of nitrogens with zero attached hydrogens (tertiary/aromatic N) is 3. The Morgan fingerprint density at radius 1 is 1.03 bits per heavy atom. The standard InChI is InChI=1S/C23H28N4O3/c1-16(28)12-24-22-20-8-4-5-9-21(20)23(30)27(25-22)15-19(29)14-26-11-10-17-6-2-3-7-18(17)13-26/h2-9,16,19,28-29H,10-15H2,1H3,(H,24,25)/t16?,19-/m1/s1. The van der Waals surface area contributed by atoms with Crippen LogP contribution in [0.1, 0.15) is 18.1 Å². The van der Waals surface area contributed by atoms with E-state index in [1.807, 2.05) is 24.3 Å². The Labute approximate surface area is 175 Å². The minimum Gasteiger partial charge on any atom is -0.392 e. The van der Waals surface area contributed by atoms with Crippen molar-refractivity contribution in [3.63, 3.8) is 0 Å². The molecule has 7 heteroatoms. The van der Waals surface area contributed by atoms with Crippen molar-refractivity contribution in [3.8, 4) is 0 Å². The lowest BCUT2D eigenvalue weighted by molar-refractivity contribution is 0.0879. The molecule has 0 spiro atoms. The first kappa shape index (κ1) is 20.5. The van der Waals surface area contributed by atoms with Gasteiger partial charge in [-0.3, -0.25) is 9.69 Å². The highest BCUT2D eigenvalue weighted by Crippen LogP contribution is 2.20. The molecule has 0 aliphatic carbocycles. The van der Waals surface area contributed by atoms with Gasteiger partial charge in [-0.2, -0.15) is 5.10 Å². The molecule has 1 aliphatic rings. The highest BCUT2D eigenvalue weighted by molar-refractivity contribution is 5.90. The molecule has 2 atom stereocenters. The van der Waals surface area contributed by atoms with Gasteiger partial charge in [0.2, 0.25) is 0 Å². The summed E-state index contributed by atoms with van der Waals surface area (Å²) in [6.45, 7) is 4.29. The van der Waals surface area contributed by atoms with Gasteiger partial charge in [-0.05, 0) is 30.5 Å². The van der Waals surface area contributed by atoms with Gasteiger partial charge in [-0.25, -0.2) is 4.68 Å². The van der Waals surface area contributed by atoms with Crippen LogP contribution in [0.4, 0.5) is 5.82 Å². The Kier molecular flexibility index (Phi) is 6.13. The Morgan fingerprint density at radius 2 is 1.73 bits per heavy atom. The summed E-state index contributed by atoms with van der Waals surface area (Å²) in [6, 6.07) is 15.6. The number of anilines is 1. The van der Waals surface area contributed by atoms with Crippen molar-refractivity contribution in [1.82, 2.24) is 14.7 Å². The number of benzene rings is 2. The topological polar surface area (TPSA) is 90.6 Å². The zero-order valence-corrected chi connectivity index (χ0v) is 17.2. The predicted octanol–water partition coefficient (Wildman–Crippen LogP) is 1.61. The van der Waals surface area contributed by atoms with Crippen molar-refractivity contribution in [2.75, 3.05) is 25.0 Å². The Morgan fingerprint density at radius 3 is 2.50 bits per heavy atom. The Balaban J connectivity index is 1.51. The molecule has 0 bridgehead atoms. The van der Waals surface area contributed by atoms with Gasteiger partial charge in [-0.15, -0.1) is 0 Å². The van der Waals surface area contributed by atoms with Crippen molar-refractivity contribution in [2.45, 2.75) is 38.6 Å². The van der Waals surface area contributed by atoms with Gasteiger partial charge in [0.05, 0.1) is 24.1 Å². The van der Waals surface area contributed by atoms with Crippen molar-refractivity contribution < 1.29 is 10.2 Å². The molecule has 0 fully saturated rings. The summed E-state index contributed by atoms with van der Waals surface area (Å²) in [4.78, 5) is 15.1. The van der Waals surface area contributed by atoms with Gasteiger partial charge in [-0.1, -0.05) is 42.5 Å². The third kappa shape index (κ3) is 4.53. The zero-order chi connectivity index (χ0) is 21.1. The zero-order valence-electron chi connectivity index (χ0n) is 17.2. The molecule has 7 nitrogen and oxygen atoms in total. The molecule has 1 unspecified atom stereocenters. The number of aromatic nitrogens is 2. The van der Waals surface area contributed by atoms with E-state index in [4.69, 9.17) is 0 Å². The van der Waals surface area contributed by atoms with Gasteiger partial charge in [0, 0.05) is 31.6 Å². The van der Waals surface area contributed by atoms with Crippen LogP contribution in [0.15, 0.2) is 53.3 Å². The van der Waals surface area contributed by atoms with Crippen LogP contribution in [0, 0.1) is 0 Å². The maximum atomic E-state index is 12.9. The van der Waals surface area contributed by atoms with E-state index in [-0.39, 0.29) is 12.1 Å². The molecule has 0 radical (unpaired) electrons. The molecule has 3 N–H and O–H groups in total. The number of aliphatic hydroxyl groups excluding tert-OH is 2. The van der Waals surface area contributed by atoms with Gasteiger partial charge in [0.15, 0.2) is 5.82 Å². The van der Waals surface area contributed by atoms with Crippen molar-refractivity contribution >= 4 is 16.6 Å². The van der Waals surface area contributed by atoms with Crippen LogP contribution in [0.2, 0.25) is 0 Å². The fourth-order valence-corrected chi connectivity index (χ4v) is 4.00. The highest BCUT2D eigenvalue weighted by atomic mass is 16.3. The van der Waals surface area contributed by atoms with Crippen LogP contribution >= 0.6 is 0 Å². The van der Waals surface area contributed by atoms with E-state index in [0.717, 1.165) is 19.5 Å². The third-order valence-electron chi connectivity index (χ3n) is 5.49. The van der Waals surface area contributed by atoms with E-state index >= 15 is 0 Å². The molecule has 4 rings (SSSR count). The van der Waals surface area contributed by atoms with Crippen LogP contribution in [0.25, 0.3) is 10.8 Å². The van der Waals surface area contributed by atoms with Crippen molar-refractivity contribution in [1.29, 1.82) is 0 Å². The number of fused-ring (bicyclic) bond motifs is 2. The number of β-amino-alcohol motifs (C(OH)–C–C–N with tert-alkyl or cyclic N) is 1. The molecule has 2 heterocycles. The fourth-order valence-electron chi connectivity index (χ4n) is 4.00. The van der Waals surface area contributed by atoms with E-state index in [9.17, 15) is 15.0 Å². The molecule has 0 saturated heterocycles. The molecular weight excluding hydrogens is 380 g/mol. The van der Waals surface area contributed by atoms with Gasteiger partial charge >= 0.3 is 0 Å². The maximum absolute atomic E-state index is 12.9. The Hall–Kier alpha value is -2.74. The largest absolute Gasteiger partial charge is 0.392 e. The average molecular weight is 409 g/mol. The van der Waals surface area contributed by atoms with Crippen molar-refractivity contribution in [2.24, 2.45) is 0 Å². The lowest BCUT2D eigenvalue weighted by atomic mass is 10.00. The summed E-state index contributed by atoms with van der Waals surface area (Å²) in [5.74, 6) is 0.533. The minimum atomic E-state index is -0.716. The van der Waals surface area contributed by atoms with Gasteiger partial charge in [0.25, 0.3) is 5.56 Å². The summed E-state index contributed by atoms with van der Waals surface area (Å²) >= 11 is 0. The number of aliphatic hydroxyl groups is 2. The molecule has 158 valence electrons. The third-order valence-corrected chi connectivity index (χ3v) is 5.49. The van der Waals surface area contributed by atoms with Crippen molar-refractivity contribution in [3.05, 3.63) is 70.0 Å². The molecule has 0 saturated carbocycles. The number of hydrogen-bond acceptors (Lipinski definition) is 6. The average Bonchev–Trinajstić information content (AvgIpc) is 2.74. The normalized spacial score (nSPS) is 16.2. The molecule has 0 amide bonds. The molecule has 2 aromatic carbocycles. The first-order chi connectivity index (χ1) is 14.5. The number of hydrogen-bond donors (Lipinski definition) is 3. The summed E-state index contributed by atoms with van der Waals surface area (Å²) in [6.07, 6.45) is -0.297. The number of nitrogens with one attached hydrogen (secondary N) is 1. The smallest absolute Gasteiger partial charge is 0.274 e. The second kappa shape index (κ2) is 8.95. The van der Waals surface area contributed by atoms with Crippen LogP contribution in [0.3, 0.4) is 0 Å². The predicted molar refractivity (Wildman–Crippen MR) is 118 cm³/mol. The SMILES string of the molecule is CC(O)CNc1nn(C[C@H](O)CN2CCc3ccccc3C2)c(=O)c2ccccc12. The highest BCUT2D eigenvalue weighted by Gasteiger charge is 2.20. The second-order valence-electron chi connectivity index (χ2n) is 8.02. The van der Waals surface area contributed by atoms with Crippen LogP contribution in [0.5, 0.6) is 0 Å². The van der Waals surface area contributed by atoms with E-state index in [0.29, 0.717) is 29.7 Å². The number of rotatable bonds is 7. The monoisotopic (exact) mass is 408 g/mol. The first-order valence-electron chi connectivity index (χ1n) is 10.4. The second-order valence-corrected chi connectivity index (χ2v) is 8.02. The van der Waals surface area contributed by atoms with Crippen LogP contribution < -0.4 is 10.9 Å². The molecule has 1 aromatic heterocycles. The minimum absolute atomic E-state index is 0.116. The summed E-state index contributed by atoms with van der Waals surface area (Å²) in [5, 5.41) is 29.1. The summed E-state index contributed by atoms with van der Waals surface area (Å²) in [5.41, 5.74) is 2.43. The first-order valence-corrected chi connectivity index (χ1v) is 10.4. The molecule has 1 aliphatic heterocycles. The van der Waals surface area contributed by atoms with Crippen LogP contribution in [-0.2, 0) is 19.5 Å². The summed E-state index contributed by atoms with van der Waals surface area (Å²) < 4.78 is 1.33. The van der Waals surface area contributed by atoms with E-state index in [1.54, 1.807) is 13.0 Å². The van der Waals surface area contributed by atoms with E-state index in [1.165, 1.54) is 15.8 Å². The quantitative estimate of drug-likeness (QED) is 0.550. The molecular formula is C23H28N4O3.